The lowest BCUT2D eigenvalue weighted by atomic mass is 10.0. The molecule has 0 aromatic heterocycles. The van der Waals surface area contributed by atoms with Crippen LogP contribution in [0.1, 0.15) is 17.5 Å². The number of nitrogens with two attached hydrogens (primary N) is 1. The summed E-state index contributed by atoms with van der Waals surface area (Å²) in [6.07, 6.45) is 2.30. The van der Waals surface area contributed by atoms with Gasteiger partial charge in [-0.2, -0.15) is 0 Å². The number of rotatable bonds is 9. The number of nitrogens with one attached hydrogen (secondary N) is 1. The van der Waals surface area contributed by atoms with E-state index < -0.39 is 6.10 Å². The molecule has 0 aliphatic rings. The lowest BCUT2D eigenvalue weighted by molar-refractivity contribution is 0.142. The summed E-state index contributed by atoms with van der Waals surface area (Å²) in [6.45, 7) is 1.44. The standard InChI is InChI=1S/C19H26N2O.ClH/c20-18(14-17-10-5-2-6-11-17)19(22)15-21-13-7-12-16-8-3-1-4-9-16;/h1-6,8-11,18-19,21-22H,7,12-15,20H2;1H/t18-,19+;/m0./s1. The third-order valence-electron chi connectivity index (χ3n) is 3.82. The summed E-state index contributed by atoms with van der Waals surface area (Å²) in [5, 5.41) is 13.4. The van der Waals surface area contributed by atoms with Gasteiger partial charge >= 0.3 is 0 Å². The van der Waals surface area contributed by atoms with Crippen molar-refractivity contribution in [3.05, 3.63) is 71.8 Å². The third-order valence-corrected chi connectivity index (χ3v) is 3.82. The molecule has 0 bridgehead atoms. The van der Waals surface area contributed by atoms with E-state index in [0.29, 0.717) is 13.0 Å². The molecule has 0 amide bonds. The van der Waals surface area contributed by atoms with Gasteiger partial charge in [0.2, 0.25) is 0 Å². The highest BCUT2D eigenvalue weighted by Crippen LogP contribution is 2.04. The quantitative estimate of drug-likeness (QED) is 0.618. The molecule has 2 atom stereocenters. The monoisotopic (exact) mass is 334 g/mol. The number of aryl methyl sites for hydroxylation is 1. The Hall–Kier alpha value is -1.39. The minimum Gasteiger partial charge on any atom is -0.390 e. The summed E-state index contributed by atoms with van der Waals surface area (Å²) in [5.41, 5.74) is 8.58. The number of benzene rings is 2. The summed E-state index contributed by atoms with van der Waals surface area (Å²) in [6, 6.07) is 20.3. The van der Waals surface area contributed by atoms with Crippen LogP contribution < -0.4 is 11.1 Å². The average molecular weight is 335 g/mol. The van der Waals surface area contributed by atoms with Crippen LogP contribution in [0.25, 0.3) is 0 Å². The maximum atomic E-state index is 10.1. The van der Waals surface area contributed by atoms with Crippen LogP contribution in [-0.2, 0) is 12.8 Å². The second-order valence-corrected chi connectivity index (χ2v) is 5.71. The molecule has 2 aromatic carbocycles. The number of aliphatic hydroxyl groups is 1. The second kappa shape index (κ2) is 11.2. The van der Waals surface area contributed by atoms with Gasteiger partial charge in [0.1, 0.15) is 0 Å². The van der Waals surface area contributed by atoms with Gasteiger partial charge in [-0.3, -0.25) is 0 Å². The number of hydrogen-bond donors (Lipinski definition) is 3. The van der Waals surface area contributed by atoms with Crippen molar-refractivity contribution in [3.8, 4) is 0 Å². The van der Waals surface area contributed by atoms with Gasteiger partial charge in [0.05, 0.1) is 6.10 Å². The molecule has 0 saturated heterocycles. The molecule has 0 unspecified atom stereocenters. The van der Waals surface area contributed by atoms with E-state index in [1.165, 1.54) is 5.56 Å². The smallest absolute Gasteiger partial charge is 0.0818 e. The Morgan fingerprint density at radius 1 is 0.913 bits per heavy atom. The molecule has 2 rings (SSSR count). The summed E-state index contributed by atoms with van der Waals surface area (Å²) in [4.78, 5) is 0. The van der Waals surface area contributed by atoms with Gasteiger partial charge in [-0.05, 0) is 36.9 Å². The van der Waals surface area contributed by atoms with Crippen molar-refractivity contribution < 1.29 is 5.11 Å². The highest BCUT2D eigenvalue weighted by molar-refractivity contribution is 5.85. The Morgan fingerprint density at radius 3 is 2.09 bits per heavy atom. The highest BCUT2D eigenvalue weighted by atomic mass is 35.5. The van der Waals surface area contributed by atoms with Gasteiger partial charge in [0.25, 0.3) is 0 Å². The van der Waals surface area contributed by atoms with Crippen molar-refractivity contribution in [1.29, 1.82) is 0 Å². The van der Waals surface area contributed by atoms with Crippen molar-refractivity contribution in [2.75, 3.05) is 13.1 Å². The Morgan fingerprint density at radius 2 is 1.48 bits per heavy atom. The second-order valence-electron chi connectivity index (χ2n) is 5.71. The first-order valence-corrected chi connectivity index (χ1v) is 7.98. The number of hydrogen-bond acceptors (Lipinski definition) is 3. The molecule has 0 saturated carbocycles. The molecule has 0 fully saturated rings. The number of aliphatic hydroxyl groups excluding tert-OH is 1. The summed E-state index contributed by atoms with van der Waals surface area (Å²) >= 11 is 0. The zero-order valence-electron chi connectivity index (χ0n) is 13.4. The van der Waals surface area contributed by atoms with E-state index in [0.717, 1.165) is 24.9 Å². The Balaban J connectivity index is 0.00000264. The van der Waals surface area contributed by atoms with Crippen molar-refractivity contribution >= 4 is 12.4 Å². The van der Waals surface area contributed by atoms with Gasteiger partial charge in [-0.1, -0.05) is 60.7 Å². The lowest BCUT2D eigenvalue weighted by Crippen LogP contribution is -2.43. The van der Waals surface area contributed by atoms with Crippen LogP contribution in [0.5, 0.6) is 0 Å². The van der Waals surface area contributed by atoms with Gasteiger partial charge in [0, 0.05) is 12.6 Å². The molecule has 0 spiro atoms. The van der Waals surface area contributed by atoms with Gasteiger partial charge in [-0.15, -0.1) is 12.4 Å². The Labute approximate surface area is 145 Å². The van der Waals surface area contributed by atoms with E-state index in [4.69, 9.17) is 5.73 Å². The van der Waals surface area contributed by atoms with Crippen molar-refractivity contribution in [1.82, 2.24) is 5.32 Å². The maximum Gasteiger partial charge on any atom is 0.0818 e. The summed E-state index contributed by atoms with van der Waals surface area (Å²) < 4.78 is 0. The normalized spacial score (nSPS) is 13.1. The predicted molar refractivity (Wildman–Crippen MR) is 99.0 cm³/mol. The fourth-order valence-corrected chi connectivity index (χ4v) is 2.49. The van der Waals surface area contributed by atoms with Crippen LogP contribution >= 0.6 is 12.4 Å². The van der Waals surface area contributed by atoms with Crippen molar-refractivity contribution in [2.24, 2.45) is 5.73 Å². The van der Waals surface area contributed by atoms with Crippen LogP contribution in [0, 0.1) is 0 Å². The summed E-state index contributed by atoms with van der Waals surface area (Å²) in [7, 11) is 0. The van der Waals surface area contributed by atoms with Crippen LogP contribution in [0.4, 0.5) is 0 Å². The third kappa shape index (κ3) is 7.62. The first-order chi connectivity index (χ1) is 10.8. The van der Waals surface area contributed by atoms with E-state index >= 15 is 0 Å². The zero-order valence-corrected chi connectivity index (χ0v) is 14.2. The molecule has 3 nitrogen and oxygen atoms in total. The van der Waals surface area contributed by atoms with Crippen LogP contribution in [0.2, 0.25) is 0 Å². The Kier molecular flexibility index (Phi) is 9.57. The molecule has 4 heteroatoms. The first-order valence-electron chi connectivity index (χ1n) is 7.98. The fourth-order valence-electron chi connectivity index (χ4n) is 2.49. The molecule has 4 N–H and O–H groups in total. The first kappa shape index (κ1) is 19.7. The SMILES string of the molecule is Cl.N[C@@H](Cc1ccccc1)[C@H](O)CNCCCc1ccccc1. The summed E-state index contributed by atoms with van der Waals surface area (Å²) in [5.74, 6) is 0. The van der Waals surface area contributed by atoms with Gasteiger partial charge < -0.3 is 16.2 Å². The molecule has 0 aliphatic heterocycles. The van der Waals surface area contributed by atoms with Crippen LogP contribution in [0.3, 0.4) is 0 Å². The van der Waals surface area contributed by atoms with E-state index in [-0.39, 0.29) is 18.4 Å². The maximum absolute atomic E-state index is 10.1. The van der Waals surface area contributed by atoms with Gasteiger partial charge in [-0.25, -0.2) is 0 Å². The molecular weight excluding hydrogens is 308 g/mol. The molecule has 23 heavy (non-hydrogen) atoms. The van der Waals surface area contributed by atoms with Crippen LogP contribution in [-0.4, -0.2) is 30.3 Å². The predicted octanol–water partition coefficient (Wildman–Crippen LogP) is 2.56. The Bertz CT molecular complexity index is 521. The molecule has 0 aliphatic carbocycles. The fraction of sp³-hybridized carbons (Fsp3) is 0.368. The minimum absolute atomic E-state index is 0. The molecule has 0 radical (unpaired) electrons. The van der Waals surface area contributed by atoms with E-state index in [1.54, 1.807) is 0 Å². The molecule has 0 heterocycles. The van der Waals surface area contributed by atoms with Gasteiger partial charge in [0.15, 0.2) is 0 Å². The van der Waals surface area contributed by atoms with E-state index in [2.05, 4.69) is 29.6 Å². The molecular formula is C19H27ClN2O. The largest absolute Gasteiger partial charge is 0.390 e. The van der Waals surface area contributed by atoms with Crippen LogP contribution in [0.15, 0.2) is 60.7 Å². The minimum atomic E-state index is -0.517. The number of halogens is 1. The van der Waals surface area contributed by atoms with Crippen molar-refractivity contribution in [2.45, 2.75) is 31.4 Å². The van der Waals surface area contributed by atoms with E-state index in [1.807, 2.05) is 36.4 Å². The van der Waals surface area contributed by atoms with Crippen molar-refractivity contribution in [3.63, 3.8) is 0 Å². The zero-order chi connectivity index (χ0) is 15.6. The topological polar surface area (TPSA) is 58.3 Å². The molecule has 2 aromatic rings. The molecule has 126 valence electrons. The van der Waals surface area contributed by atoms with E-state index in [9.17, 15) is 5.11 Å². The highest BCUT2D eigenvalue weighted by Gasteiger charge is 2.14. The lowest BCUT2D eigenvalue weighted by Gasteiger charge is -2.19. The average Bonchev–Trinajstić information content (AvgIpc) is 2.56.